The minimum Gasteiger partial charge on any atom is -0.385 e. The summed E-state index contributed by atoms with van der Waals surface area (Å²) >= 11 is 0. The minimum absolute atomic E-state index is 0.783. The molecule has 2 aliphatic rings. The van der Waals surface area contributed by atoms with E-state index in [2.05, 4.69) is 35.5 Å². The average Bonchev–Trinajstić information content (AvgIpc) is 2.47. The fourth-order valence-electron chi connectivity index (χ4n) is 3.26. The van der Waals surface area contributed by atoms with Gasteiger partial charge in [-0.05, 0) is 49.3 Å². The monoisotopic (exact) mass is 260 g/mol. The van der Waals surface area contributed by atoms with Crippen molar-refractivity contribution in [1.29, 1.82) is 0 Å². The highest BCUT2D eigenvalue weighted by Gasteiger charge is 2.19. The number of hydrogen-bond acceptors (Lipinski definition) is 3. The van der Waals surface area contributed by atoms with Crippen LogP contribution >= 0.6 is 0 Å². The van der Waals surface area contributed by atoms with E-state index in [0.717, 1.165) is 32.2 Å². The first-order valence-electron chi connectivity index (χ1n) is 7.49. The first-order valence-corrected chi connectivity index (χ1v) is 7.49. The van der Waals surface area contributed by atoms with Crippen molar-refractivity contribution in [1.82, 2.24) is 0 Å². The summed E-state index contributed by atoms with van der Waals surface area (Å²) in [6, 6.07) is 6.65. The quantitative estimate of drug-likeness (QED) is 0.904. The highest BCUT2D eigenvalue weighted by molar-refractivity contribution is 5.67. The van der Waals surface area contributed by atoms with Crippen molar-refractivity contribution < 1.29 is 4.74 Å². The van der Waals surface area contributed by atoms with Gasteiger partial charge in [0.15, 0.2) is 0 Å². The van der Waals surface area contributed by atoms with Gasteiger partial charge in [0.2, 0.25) is 0 Å². The molecule has 1 aromatic rings. The van der Waals surface area contributed by atoms with Crippen molar-refractivity contribution in [3.63, 3.8) is 0 Å². The SMILES string of the molecule is CN(CC1CCOCC1)c1cccc2c1CCCN2. The number of ether oxygens (including phenoxy) is 1. The minimum atomic E-state index is 0.783. The van der Waals surface area contributed by atoms with E-state index in [0.29, 0.717) is 0 Å². The molecule has 1 saturated heterocycles. The van der Waals surface area contributed by atoms with E-state index in [9.17, 15) is 0 Å². The van der Waals surface area contributed by atoms with E-state index < -0.39 is 0 Å². The summed E-state index contributed by atoms with van der Waals surface area (Å²) in [5, 5.41) is 3.51. The predicted molar refractivity (Wildman–Crippen MR) is 80.1 cm³/mol. The summed E-state index contributed by atoms with van der Waals surface area (Å²) in [6.07, 6.45) is 4.86. The average molecular weight is 260 g/mol. The maximum atomic E-state index is 5.45. The molecule has 3 heteroatoms. The van der Waals surface area contributed by atoms with Crippen LogP contribution in [-0.4, -0.2) is 33.4 Å². The van der Waals surface area contributed by atoms with E-state index in [1.54, 1.807) is 0 Å². The number of rotatable bonds is 3. The van der Waals surface area contributed by atoms with Crippen molar-refractivity contribution in [3.05, 3.63) is 23.8 Å². The second-order valence-electron chi connectivity index (χ2n) is 5.77. The van der Waals surface area contributed by atoms with Crippen LogP contribution in [0.1, 0.15) is 24.8 Å². The van der Waals surface area contributed by atoms with Gasteiger partial charge in [-0.1, -0.05) is 6.07 Å². The lowest BCUT2D eigenvalue weighted by Crippen LogP contribution is -2.30. The third kappa shape index (κ3) is 2.86. The smallest absolute Gasteiger partial charge is 0.0469 e. The number of nitrogens with zero attached hydrogens (tertiary/aromatic N) is 1. The normalized spacial score (nSPS) is 19.6. The zero-order valence-electron chi connectivity index (χ0n) is 11.8. The molecule has 2 heterocycles. The standard InChI is InChI=1S/C16H24N2O/c1-18(12-13-7-10-19-11-8-13)16-6-2-5-15-14(16)4-3-9-17-15/h2,5-6,13,17H,3-4,7-12H2,1H3. The second kappa shape index (κ2) is 5.83. The van der Waals surface area contributed by atoms with Crippen LogP contribution in [0.25, 0.3) is 0 Å². The van der Waals surface area contributed by atoms with Crippen LogP contribution in [0.3, 0.4) is 0 Å². The summed E-state index contributed by atoms with van der Waals surface area (Å²) in [4.78, 5) is 2.45. The summed E-state index contributed by atoms with van der Waals surface area (Å²) in [6.45, 7) is 4.14. The highest BCUT2D eigenvalue weighted by atomic mass is 16.5. The van der Waals surface area contributed by atoms with Gasteiger partial charge in [-0.25, -0.2) is 0 Å². The fraction of sp³-hybridized carbons (Fsp3) is 0.625. The number of fused-ring (bicyclic) bond motifs is 1. The molecule has 0 spiro atoms. The van der Waals surface area contributed by atoms with Gasteiger partial charge >= 0.3 is 0 Å². The molecule has 3 rings (SSSR count). The van der Waals surface area contributed by atoms with Gasteiger partial charge in [-0.3, -0.25) is 0 Å². The van der Waals surface area contributed by atoms with Crippen molar-refractivity contribution >= 4 is 11.4 Å². The van der Waals surface area contributed by atoms with Crippen molar-refractivity contribution in [2.45, 2.75) is 25.7 Å². The van der Waals surface area contributed by atoms with Gasteiger partial charge in [0.1, 0.15) is 0 Å². The largest absolute Gasteiger partial charge is 0.385 e. The lowest BCUT2D eigenvalue weighted by atomic mass is 9.97. The molecular formula is C16H24N2O. The lowest BCUT2D eigenvalue weighted by molar-refractivity contribution is 0.0685. The second-order valence-corrected chi connectivity index (χ2v) is 5.77. The molecule has 0 bridgehead atoms. The van der Waals surface area contributed by atoms with E-state index >= 15 is 0 Å². The maximum absolute atomic E-state index is 5.45. The van der Waals surface area contributed by atoms with Gasteiger partial charge in [-0.15, -0.1) is 0 Å². The third-order valence-electron chi connectivity index (χ3n) is 4.35. The van der Waals surface area contributed by atoms with Crippen LogP contribution in [0.5, 0.6) is 0 Å². The van der Waals surface area contributed by atoms with Crippen LogP contribution in [0.4, 0.5) is 11.4 Å². The van der Waals surface area contributed by atoms with Crippen LogP contribution in [0, 0.1) is 5.92 Å². The molecule has 19 heavy (non-hydrogen) atoms. The zero-order chi connectivity index (χ0) is 13.1. The Morgan fingerprint density at radius 2 is 2.16 bits per heavy atom. The molecule has 1 N–H and O–H groups in total. The molecule has 0 unspecified atom stereocenters. The van der Waals surface area contributed by atoms with Crippen LogP contribution in [0.2, 0.25) is 0 Å². The van der Waals surface area contributed by atoms with E-state index in [1.165, 1.54) is 42.6 Å². The van der Waals surface area contributed by atoms with E-state index in [-0.39, 0.29) is 0 Å². The summed E-state index contributed by atoms with van der Waals surface area (Å²) < 4.78 is 5.45. The van der Waals surface area contributed by atoms with Crippen molar-refractivity contribution in [2.24, 2.45) is 5.92 Å². The van der Waals surface area contributed by atoms with Crippen LogP contribution in [0.15, 0.2) is 18.2 Å². The van der Waals surface area contributed by atoms with E-state index in [4.69, 9.17) is 4.74 Å². The van der Waals surface area contributed by atoms with E-state index in [1.807, 2.05) is 0 Å². The van der Waals surface area contributed by atoms with Crippen LogP contribution in [-0.2, 0) is 11.2 Å². The molecule has 0 atom stereocenters. The highest BCUT2D eigenvalue weighted by Crippen LogP contribution is 2.31. The Bertz CT molecular complexity index is 427. The van der Waals surface area contributed by atoms with Gasteiger partial charge in [-0.2, -0.15) is 0 Å². The van der Waals surface area contributed by atoms with Gasteiger partial charge < -0.3 is 15.0 Å². The topological polar surface area (TPSA) is 24.5 Å². The number of benzene rings is 1. The third-order valence-corrected chi connectivity index (χ3v) is 4.35. The number of nitrogens with one attached hydrogen (secondary N) is 1. The molecule has 3 nitrogen and oxygen atoms in total. The predicted octanol–water partition coefficient (Wildman–Crippen LogP) is 2.91. The zero-order valence-corrected chi connectivity index (χ0v) is 11.8. The van der Waals surface area contributed by atoms with Crippen molar-refractivity contribution in [2.75, 3.05) is 43.6 Å². The molecule has 0 amide bonds. The number of anilines is 2. The maximum Gasteiger partial charge on any atom is 0.0469 e. The van der Waals surface area contributed by atoms with Crippen LogP contribution < -0.4 is 10.2 Å². The molecule has 1 fully saturated rings. The van der Waals surface area contributed by atoms with Gasteiger partial charge in [0, 0.05) is 44.7 Å². The first-order chi connectivity index (χ1) is 9.34. The molecule has 0 saturated carbocycles. The Morgan fingerprint density at radius 1 is 1.32 bits per heavy atom. The fourth-order valence-corrected chi connectivity index (χ4v) is 3.26. The Morgan fingerprint density at radius 3 is 3.00 bits per heavy atom. The Labute approximate surface area is 115 Å². The van der Waals surface area contributed by atoms with Gasteiger partial charge in [0.05, 0.1) is 0 Å². The van der Waals surface area contributed by atoms with Gasteiger partial charge in [0.25, 0.3) is 0 Å². The summed E-state index contributed by atoms with van der Waals surface area (Å²) in [5.74, 6) is 0.783. The molecule has 104 valence electrons. The Hall–Kier alpha value is -1.22. The Kier molecular flexibility index (Phi) is 3.92. The first kappa shape index (κ1) is 12.8. The lowest BCUT2D eigenvalue weighted by Gasteiger charge is -2.31. The molecular weight excluding hydrogens is 236 g/mol. The summed E-state index contributed by atoms with van der Waals surface area (Å²) in [5.41, 5.74) is 4.25. The molecule has 0 radical (unpaired) electrons. The molecule has 0 aliphatic carbocycles. The summed E-state index contributed by atoms with van der Waals surface area (Å²) in [7, 11) is 2.24. The molecule has 2 aliphatic heterocycles. The Balaban J connectivity index is 1.73. The molecule has 1 aromatic carbocycles. The van der Waals surface area contributed by atoms with Crippen molar-refractivity contribution in [3.8, 4) is 0 Å². The number of hydrogen-bond donors (Lipinski definition) is 1. The molecule has 0 aromatic heterocycles.